The lowest BCUT2D eigenvalue weighted by atomic mass is 10.2. The maximum absolute atomic E-state index is 6.00. The molecule has 0 fully saturated rings. The molecule has 0 bridgehead atoms. The summed E-state index contributed by atoms with van der Waals surface area (Å²) in [4.78, 5) is 0. The standard InChI is InChI=1S/C16H15Br2Cl2NO/c1-2-3-22-16-14(17)4-10(5-15(16)18)9-21-13-7-11(19)6-12(20)8-13/h4-8,21H,2-3,9H2,1H3. The van der Waals surface area contributed by atoms with E-state index in [1.54, 1.807) is 6.07 Å². The lowest BCUT2D eigenvalue weighted by Crippen LogP contribution is -2.02. The van der Waals surface area contributed by atoms with Crippen molar-refractivity contribution in [1.82, 2.24) is 0 Å². The van der Waals surface area contributed by atoms with Crippen LogP contribution >= 0.6 is 55.1 Å². The van der Waals surface area contributed by atoms with E-state index in [1.807, 2.05) is 24.3 Å². The predicted molar refractivity (Wildman–Crippen MR) is 101 cm³/mol. The molecule has 2 aromatic carbocycles. The molecule has 22 heavy (non-hydrogen) atoms. The van der Waals surface area contributed by atoms with Gasteiger partial charge >= 0.3 is 0 Å². The van der Waals surface area contributed by atoms with Gasteiger partial charge in [-0.1, -0.05) is 30.1 Å². The Bertz CT molecular complexity index is 621. The molecule has 1 N–H and O–H groups in total. The number of hydrogen-bond acceptors (Lipinski definition) is 2. The Labute approximate surface area is 157 Å². The van der Waals surface area contributed by atoms with Gasteiger partial charge in [-0.05, 0) is 74.2 Å². The molecule has 0 aliphatic heterocycles. The van der Waals surface area contributed by atoms with Crippen molar-refractivity contribution in [1.29, 1.82) is 0 Å². The fourth-order valence-electron chi connectivity index (χ4n) is 1.92. The van der Waals surface area contributed by atoms with Crippen molar-refractivity contribution in [2.75, 3.05) is 11.9 Å². The van der Waals surface area contributed by atoms with Crippen LogP contribution in [0.1, 0.15) is 18.9 Å². The number of nitrogens with one attached hydrogen (secondary N) is 1. The summed E-state index contributed by atoms with van der Waals surface area (Å²) in [5.74, 6) is 0.830. The van der Waals surface area contributed by atoms with Crippen molar-refractivity contribution in [3.8, 4) is 5.75 Å². The van der Waals surface area contributed by atoms with Gasteiger partial charge in [0.25, 0.3) is 0 Å². The fraction of sp³-hybridized carbons (Fsp3) is 0.250. The molecule has 0 radical (unpaired) electrons. The van der Waals surface area contributed by atoms with Gasteiger partial charge in [0.15, 0.2) is 0 Å². The minimum absolute atomic E-state index is 0.612. The van der Waals surface area contributed by atoms with Gasteiger partial charge in [-0.25, -0.2) is 0 Å². The van der Waals surface area contributed by atoms with Crippen molar-refractivity contribution in [2.24, 2.45) is 0 Å². The van der Waals surface area contributed by atoms with Gasteiger partial charge in [0, 0.05) is 22.3 Å². The highest BCUT2D eigenvalue weighted by atomic mass is 79.9. The summed E-state index contributed by atoms with van der Waals surface area (Å²) in [5.41, 5.74) is 2.00. The Kier molecular flexibility index (Phi) is 6.87. The molecule has 0 aliphatic carbocycles. The lowest BCUT2D eigenvalue weighted by molar-refractivity contribution is 0.313. The number of hydrogen-bond donors (Lipinski definition) is 1. The van der Waals surface area contributed by atoms with Gasteiger partial charge < -0.3 is 10.1 Å². The second-order valence-electron chi connectivity index (χ2n) is 4.75. The van der Waals surface area contributed by atoms with Crippen LogP contribution in [-0.4, -0.2) is 6.61 Å². The van der Waals surface area contributed by atoms with Crippen molar-refractivity contribution in [3.63, 3.8) is 0 Å². The highest BCUT2D eigenvalue weighted by Gasteiger charge is 2.09. The molecule has 118 valence electrons. The molecule has 0 aromatic heterocycles. The quantitative estimate of drug-likeness (QED) is 0.497. The Morgan fingerprint density at radius 1 is 1.00 bits per heavy atom. The Morgan fingerprint density at radius 3 is 2.14 bits per heavy atom. The molecule has 0 spiro atoms. The first-order chi connectivity index (χ1) is 10.5. The second-order valence-corrected chi connectivity index (χ2v) is 7.33. The topological polar surface area (TPSA) is 21.3 Å². The highest BCUT2D eigenvalue weighted by Crippen LogP contribution is 2.35. The third-order valence-electron chi connectivity index (χ3n) is 2.87. The van der Waals surface area contributed by atoms with Gasteiger partial charge in [0.2, 0.25) is 0 Å². The van der Waals surface area contributed by atoms with Crippen LogP contribution in [-0.2, 0) is 6.54 Å². The highest BCUT2D eigenvalue weighted by molar-refractivity contribution is 9.11. The Hall–Kier alpha value is -0.420. The van der Waals surface area contributed by atoms with Crippen LogP contribution < -0.4 is 10.1 Å². The van der Waals surface area contributed by atoms with Crippen molar-refractivity contribution < 1.29 is 4.74 Å². The van der Waals surface area contributed by atoms with Crippen LogP contribution in [0.2, 0.25) is 10.0 Å². The third kappa shape index (κ3) is 5.05. The van der Waals surface area contributed by atoms with E-state index in [0.717, 1.165) is 32.4 Å². The van der Waals surface area contributed by atoms with Crippen LogP contribution in [0, 0.1) is 0 Å². The van der Waals surface area contributed by atoms with Gasteiger partial charge in [0.1, 0.15) is 5.75 Å². The number of rotatable bonds is 6. The van der Waals surface area contributed by atoms with Crippen LogP contribution in [0.5, 0.6) is 5.75 Å². The summed E-state index contributed by atoms with van der Waals surface area (Å²) in [6.45, 7) is 3.42. The molecule has 0 aliphatic rings. The third-order valence-corrected chi connectivity index (χ3v) is 4.48. The van der Waals surface area contributed by atoms with Gasteiger partial charge in [-0.2, -0.15) is 0 Å². The molecular formula is C16H15Br2Cl2NO. The molecule has 0 amide bonds. The summed E-state index contributed by atoms with van der Waals surface area (Å²) < 4.78 is 7.57. The van der Waals surface area contributed by atoms with Crippen molar-refractivity contribution in [3.05, 3.63) is 54.9 Å². The van der Waals surface area contributed by atoms with E-state index in [2.05, 4.69) is 44.1 Å². The lowest BCUT2D eigenvalue weighted by Gasteiger charge is -2.13. The van der Waals surface area contributed by atoms with E-state index in [0.29, 0.717) is 23.2 Å². The molecule has 0 heterocycles. The number of benzene rings is 2. The minimum Gasteiger partial charge on any atom is -0.491 e. The summed E-state index contributed by atoms with van der Waals surface area (Å²) in [5, 5.41) is 4.53. The van der Waals surface area contributed by atoms with Gasteiger partial charge in [0.05, 0.1) is 15.6 Å². The van der Waals surface area contributed by atoms with Crippen molar-refractivity contribution >= 4 is 60.7 Å². The maximum atomic E-state index is 6.00. The molecular weight excluding hydrogens is 453 g/mol. The van der Waals surface area contributed by atoms with E-state index >= 15 is 0 Å². The zero-order valence-electron chi connectivity index (χ0n) is 11.9. The normalized spacial score (nSPS) is 10.6. The van der Waals surface area contributed by atoms with Crippen LogP contribution in [0.25, 0.3) is 0 Å². The first-order valence-electron chi connectivity index (χ1n) is 6.80. The van der Waals surface area contributed by atoms with Gasteiger partial charge in [-0.3, -0.25) is 0 Å². The van der Waals surface area contributed by atoms with Crippen molar-refractivity contribution in [2.45, 2.75) is 19.9 Å². The predicted octanol–water partition coefficient (Wildman–Crippen LogP) is 6.92. The van der Waals surface area contributed by atoms with E-state index in [1.165, 1.54) is 0 Å². The van der Waals surface area contributed by atoms with E-state index in [-0.39, 0.29) is 0 Å². The summed E-state index contributed by atoms with van der Waals surface area (Å²) in [6.07, 6.45) is 0.970. The first-order valence-corrected chi connectivity index (χ1v) is 9.14. The fourth-order valence-corrected chi connectivity index (χ4v) is 3.95. The van der Waals surface area contributed by atoms with Crippen LogP contribution in [0.4, 0.5) is 5.69 Å². The molecule has 0 saturated heterocycles. The molecule has 2 aromatic rings. The SMILES string of the molecule is CCCOc1c(Br)cc(CNc2cc(Cl)cc(Cl)c2)cc1Br. The largest absolute Gasteiger partial charge is 0.491 e. The van der Waals surface area contributed by atoms with Crippen LogP contribution in [0.3, 0.4) is 0 Å². The minimum atomic E-state index is 0.612. The zero-order chi connectivity index (χ0) is 16.1. The molecule has 0 saturated carbocycles. The van der Waals surface area contributed by atoms with Crippen LogP contribution in [0.15, 0.2) is 39.3 Å². The zero-order valence-corrected chi connectivity index (χ0v) is 16.6. The molecule has 6 heteroatoms. The second kappa shape index (κ2) is 8.44. The summed E-state index contributed by atoms with van der Waals surface area (Å²) in [7, 11) is 0. The Morgan fingerprint density at radius 2 is 1.59 bits per heavy atom. The van der Waals surface area contributed by atoms with Gasteiger partial charge in [-0.15, -0.1) is 0 Å². The molecule has 0 atom stereocenters. The molecule has 0 unspecified atom stereocenters. The molecule has 2 rings (SSSR count). The van der Waals surface area contributed by atoms with E-state index < -0.39 is 0 Å². The maximum Gasteiger partial charge on any atom is 0.147 e. The number of ether oxygens (including phenoxy) is 1. The smallest absolute Gasteiger partial charge is 0.147 e. The summed E-state index contributed by atoms with van der Waals surface area (Å²) >= 11 is 19.1. The summed E-state index contributed by atoms with van der Waals surface area (Å²) in [6, 6.07) is 9.47. The number of halogens is 4. The molecule has 2 nitrogen and oxygen atoms in total. The Balaban J connectivity index is 2.10. The van der Waals surface area contributed by atoms with E-state index in [4.69, 9.17) is 27.9 Å². The average Bonchev–Trinajstić information content (AvgIpc) is 2.43. The average molecular weight is 468 g/mol. The van der Waals surface area contributed by atoms with E-state index in [9.17, 15) is 0 Å². The number of anilines is 1. The first kappa shape index (κ1) is 17.9. The monoisotopic (exact) mass is 465 g/mol.